The zero-order chi connectivity index (χ0) is 11.5. The number of nitrogens with zero attached hydrogens (tertiary/aromatic N) is 1. The van der Waals surface area contributed by atoms with E-state index in [2.05, 4.69) is 10.3 Å². The lowest BCUT2D eigenvalue weighted by molar-refractivity contribution is 0.0951. The molecule has 0 radical (unpaired) electrons. The van der Waals surface area contributed by atoms with Gasteiger partial charge in [-0.05, 0) is 32.1 Å². The second-order valence-electron chi connectivity index (χ2n) is 3.75. The molecule has 16 heavy (non-hydrogen) atoms. The average molecular weight is 214 g/mol. The van der Waals surface area contributed by atoms with Crippen LogP contribution >= 0.6 is 0 Å². The highest BCUT2D eigenvalue weighted by Crippen LogP contribution is 2.22. The van der Waals surface area contributed by atoms with Crippen molar-refractivity contribution >= 4 is 17.3 Å². The maximum absolute atomic E-state index is 11.9. The van der Waals surface area contributed by atoms with Gasteiger partial charge in [-0.25, -0.2) is 0 Å². The van der Waals surface area contributed by atoms with E-state index in [4.69, 9.17) is 0 Å². The zero-order valence-corrected chi connectivity index (χ0v) is 9.40. The van der Waals surface area contributed by atoms with Crippen molar-refractivity contribution in [3.63, 3.8) is 0 Å². The number of benzene rings is 1. The number of aliphatic imine (C=N–C) groups is 1. The van der Waals surface area contributed by atoms with Gasteiger partial charge in [0.1, 0.15) is 0 Å². The van der Waals surface area contributed by atoms with E-state index in [1.807, 2.05) is 44.2 Å². The number of allylic oxidation sites excluding steroid dienone is 1. The first kappa shape index (κ1) is 10.6. The number of hydrogen-bond donors (Lipinski definition) is 1. The highest BCUT2D eigenvalue weighted by atomic mass is 16.1. The Morgan fingerprint density at radius 3 is 2.88 bits per heavy atom. The summed E-state index contributed by atoms with van der Waals surface area (Å²) < 4.78 is 0. The Kier molecular flexibility index (Phi) is 2.86. The summed E-state index contributed by atoms with van der Waals surface area (Å²) in [5.41, 5.74) is 2.24. The van der Waals surface area contributed by atoms with Crippen LogP contribution in [0.15, 0.2) is 41.4 Å². The molecule has 0 aliphatic carbocycles. The van der Waals surface area contributed by atoms with Gasteiger partial charge in [0.05, 0.1) is 23.0 Å². The molecule has 0 saturated carbocycles. The molecule has 1 aromatic carbocycles. The minimum atomic E-state index is -0.0636. The summed E-state index contributed by atoms with van der Waals surface area (Å²) >= 11 is 0. The number of amides is 1. The minimum Gasteiger partial charge on any atom is -0.344 e. The van der Waals surface area contributed by atoms with Gasteiger partial charge in [-0.1, -0.05) is 18.2 Å². The first-order valence-corrected chi connectivity index (χ1v) is 5.33. The van der Waals surface area contributed by atoms with E-state index in [1.165, 1.54) is 0 Å². The van der Waals surface area contributed by atoms with Gasteiger partial charge in [-0.2, -0.15) is 0 Å². The maximum atomic E-state index is 11.9. The smallest absolute Gasteiger partial charge is 0.253 e. The SMILES string of the molecule is C/C=C/C1=Nc2ccccc2C(=O)NC1C. The highest BCUT2D eigenvalue weighted by molar-refractivity contribution is 6.09. The standard InChI is InChI=1S/C13H14N2O/c1-3-6-11-9(2)14-13(16)10-7-4-5-8-12(10)15-11/h3-9H,1-2H3,(H,14,16)/b6-3+. The van der Waals surface area contributed by atoms with Crippen molar-refractivity contribution < 1.29 is 4.79 Å². The second-order valence-corrected chi connectivity index (χ2v) is 3.75. The summed E-state index contributed by atoms with van der Waals surface area (Å²) in [6.07, 6.45) is 3.85. The second kappa shape index (κ2) is 4.31. The first-order chi connectivity index (χ1) is 7.72. The molecule has 3 nitrogen and oxygen atoms in total. The van der Waals surface area contributed by atoms with E-state index in [1.54, 1.807) is 6.07 Å². The largest absolute Gasteiger partial charge is 0.344 e. The molecule has 1 heterocycles. The molecule has 1 amide bonds. The summed E-state index contributed by atoms with van der Waals surface area (Å²) in [5, 5.41) is 2.91. The van der Waals surface area contributed by atoms with Crippen LogP contribution in [0.2, 0.25) is 0 Å². The molecule has 1 N–H and O–H groups in total. The molecule has 2 rings (SSSR count). The molecule has 1 atom stereocenters. The third-order valence-corrected chi connectivity index (χ3v) is 2.53. The summed E-state index contributed by atoms with van der Waals surface area (Å²) in [6.45, 7) is 3.87. The fourth-order valence-corrected chi connectivity index (χ4v) is 1.70. The van der Waals surface area contributed by atoms with E-state index in [-0.39, 0.29) is 11.9 Å². The van der Waals surface area contributed by atoms with E-state index >= 15 is 0 Å². The normalized spacial score (nSPS) is 20.0. The van der Waals surface area contributed by atoms with Crippen LogP contribution in [0.5, 0.6) is 0 Å². The van der Waals surface area contributed by atoms with E-state index in [0.29, 0.717) is 5.56 Å². The number of para-hydroxylation sites is 1. The van der Waals surface area contributed by atoms with Crippen LogP contribution in [-0.2, 0) is 0 Å². The molecule has 82 valence electrons. The maximum Gasteiger partial charge on any atom is 0.253 e. The molecule has 0 saturated heterocycles. The quantitative estimate of drug-likeness (QED) is 0.766. The van der Waals surface area contributed by atoms with Gasteiger partial charge in [0.2, 0.25) is 0 Å². The third-order valence-electron chi connectivity index (χ3n) is 2.53. The third kappa shape index (κ3) is 1.89. The number of nitrogens with one attached hydrogen (secondary N) is 1. The topological polar surface area (TPSA) is 41.5 Å². The number of hydrogen-bond acceptors (Lipinski definition) is 2. The van der Waals surface area contributed by atoms with Crippen molar-refractivity contribution in [3.05, 3.63) is 42.0 Å². The molecule has 1 aromatic rings. The Balaban J connectivity index is 2.53. The lowest BCUT2D eigenvalue weighted by Crippen LogP contribution is -2.36. The van der Waals surface area contributed by atoms with Gasteiger partial charge in [0.15, 0.2) is 0 Å². The van der Waals surface area contributed by atoms with E-state index in [9.17, 15) is 4.79 Å². The predicted octanol–water partition coefficient (Wildman–Crippen LogP) is 2.47. The predicted molar refractivity (Wildman–Crippen MR) is 65.3 cm³/mol. The fraction of sp³-hybridized carbons (Fsp3) is 0.231. The van der Waals surface area contributed by atoms with Crippen LogP contribution in [0.3, 0.4) is 0 Å². The molecule has 0 spiro atoms. The Morgan fingerprint density at radius 1 is 1.38 bits per heavy atom. The first-order valence-electron chi connectivity index (χ1n) is 5.33. The molecule has 0 fully saturated rings. The molecule has 0 aromatic heterocycles. The van der Waals surface area contributed by atoms with Crippen LogP contribution in [0.1, 0.15) is 24.2 Å². The summed E-state index contributed by atoms with van der Waals surface area (Å²) in [5.74, 6) is -0.0636. The Hall–Kier alpha value is -1.90. The van der Waals surface area contributed by atoms with Gasteiger partial charge in [-0.15, -0.1) is 0 Å². The Bertz CT molecular complexity index is 475. The summed E-state index contributed by atoms with van der Waals surface area (Å²) in [7, 11) is 0. The molecule has 1 aliphatic heterocycles. The van der Waals surface area contributed by atoms with Gasteiger partial charge in [-0.3, -0.25) is 9.79 Å². The van der Waals surface area contributed by atoms with Gasteiger partial charge in [0.25, 0.3) is 5.91 Å². The molecule has 1 aliphatic rings. The van der Waals surface area contributed by atoms with Gasteiger partial charge >= 0.3 is 0 Å². The van der Waals surface area contributed by atoms with Crippen LogP contribution < -0.4 is 5.32 Å². The van der Waals surface area contributed by atoms with Crippen LogP contribution in [0, 0.1) is 0 Å². The van der Waals surface area contributed by atoms with Crippen molar-refractivity contribution in [2.75, 3.05) is 0 Å². The molecule has 3 heteroatoms. The van der Waals surface area contributed by atoms with Gasteiger partial charge in [0, 0.05) is 0 Å². The molecule has 1 unspecified atom stereocenters. The van der Waals surface area contributed by atoms with Crippen molar-refractivity contribution in [1.29, 1.82) is 0 Å². The number of carbonyl (C=O) groups is 1. The van der Waals surface area contributed by atoms with Crippen LogP contribution in [0.4, 0.5) is 5.69 Å². The lowest BCUT2D eigenvalue weighted by Gasteiger charge is -2.10. The van der Waals surface area contributed by atoms with Gasteiger partial charge < -0.3 is 5.32 Å². The van der Waals surface area contributed by atoms with E-state index in [0.717, 1.165) is 11.4 Å². The summed E-state index contributed by atoms with van der Waals surface area (Å²) in [4.78, 5) is 16.4. The van der Waals surface area contributed by atoms with Crippen molar-refractivity contribution in [2.45, 2.75) is 19.9 Å². The minimum absolute atomic E-state index is 0.0592. The molecular formula is C13H14N2O. The monoisotopic (exact) mass is 214 g/mol. The zero-order valence-electron chi connectivity index (χ0n) is 9.40. The van der Waals surface area contributed by atoms with Crippen LogP contribution in [0.25, 0.3) is 0 Å². The number of fused-ring (bicyclic) bond motifs is 1. The number of carbonyl (C=O) groups excluding carboxylic acids is 1. The number of rotatable bonds is 1. The molecular weight excluding hydrogens is 200 g/mol. The van der Waals surface area contributed by atoms with Crippen LogP contribution in [-0.4, -0.2) is 17.7 Å². The highest BCUT2D eigenvalue weighted by Gasteiger charge is 2.19. The Morgan fingerprint density at radius 2 is 2.12 bits per heavy atom. The van der Waals surface area contributed by atoms with E-state index < -0.39 is 0 Å². The average Bonchev–Trinajstić information content (AvgIpc) is 2.39. The Labute approximate surface area is 94.9 Å². The van der Waals surface area contributed by atoms with Crippen molar-refractivity contribution in [1.82, 2.24) is 5.32 Å². The summed E-state index contributed by atoms with van der Waals surface area (Å²) in [6, 6.07) is 7.32. The van der Waals surface area contributed by atoms with Crippen molar-refractivity contribution in [2.24, 2.45) is 4.99 Å². The fourth-order valence-electron chi connectivity index (χ4n) is 1.70. The van der Waals surface area contributed by atoms with Crippen molar-refractivity contribution in [3.8, 4) is 0 Å². The lowest BCUT2D eigenvalue weighted by atomic mass is 10.1. The molecule has 0 bridgehead atoms.